The van der Waals surface area contributed by atoms with Crippen molar-refractivity contribution in [3.63, 3.8) is 0 Å². The smallest absolute Gasteiger partial charge is 0.240 e. The van der Waals surface area contributed by atoms with Gasteiger partial charge in [-0.15, -0.1) is 0 Å². The minimum absolute atomic E-state index is 0.0419. The van der Waals surface area contributed by atoms with Gasteiger partial charge in [-0.1, -0.05) is 37.6 Å². The molecule has 0 saturated carbocycles. The van der Waals surface area contributed by atoms with Crippen LogP contribution in [0, 0.1) is 5.92 Å². The summed E-state index contributed by atoms with van der Waals surface area (Å²) >= 11 is 6.22. The maximum absolute atomic E-state index is 13.2. The number of aromatic nitrogens is 1. The third-order valence-corrected chi connectivity index (χ3v) is 5.80. The molecule has 0 saturated heterocycles. The normalized spacial score (nSPS) is 17.8. The number of H-pyrrole nitrogens is 1. The standard InChI is InChI=1S/C22H24ClN3O2/c1-12(2)19(24)22(28)26-9-8-16-17-11-14(23)6-7-18(17)25-20(16)21(26)13-4-3-5-15(27)10-13/h3-7,10-12,19,21,25,27H,8-9,24H2,1-2H3/t19-,21?/m1/s1. The molecule has 1 aromatic heterocycles. The first kappa shape index (κ1) is 18.8. The van der Waals surface area contributed by atoms with E-state index in [-0.39, 0.29) is 23.6 Å². The number of hydrogen-bond acceptors (Lipinski definition) is 3. The van der Waals surface area contributed by atoms with Crippen molar-refractivity contribution in [2.24, 2.45) is 11.7 Å². The van der Waals surface area contributed by atoms with Crippen LogP contribution < -0.4 is 5.73 Å². The van der Waals surface area contributed by atoms with E-state index >= 15 is 0 Å². The number of phenols is 1. The third kappa shape index (κ3) is 3.15. The maximum Gasteiger partial charge on any atom is 0.240 e. The van der Waals surface area contributed by atoms with Crippen LogP contribution in [-0.4, -0.2) is 33.5 Å². The molecule has 0 fully saturated rings. The molecule has 4 N–H and O–H groups in total. The molecule has 0 bridgehead atoms. The van der Waals surface area contributed by atoms with Gasteiger partial charge in [0.15, 0.2) is 0 Å². The van der Waals surface area contributed by atoms with Gasteiger partial charge in [0.2, 0.25) is 5.91 Å². The molecule has 0 spiro atoms. The lowest BCUT2D eigenvalue weighted by atomic mass is 9.91. The minimum Gasteiger partial charge on any atom is -0.508 e. The largest absolute Gasteiger partial charge is 0.508 e. The number of carbonyl (C=O) groups is 1. The summed E-state index contributed by atoms with van der Waals surface area (Å²) in [5.41, 5.74) is 10.2. The number of aromatic amines is 1. The quantitative estimate of drug-likeness (QED) is 0.625. The van der Waals surface area contributed by atoms with Crippen LogP contribution in [0.15, 0.2) is 42.5 Å². The van der Waals surface area contributed by atoms with Crippen molar-refractivity contribution in [3.8, 4) is 5.75 Å². The second-order valence-electron chi connectivity index (χ2n) is 7.76. The molecular formula is C22H24ClN3O2. The Labute approximate surface area is 169 Å². The van der Waals surface area contributed by atoms with E-state index in [9.17, 15) is 9.90 Å². The van der Waals surface area contributed by atoms with Crippen LogP contribution in [0.4, 0.5) is 0 Å². The van der Waals surface area contributed by atoms with Gasteiger partial charge < -0.3 is 20.7 Å². The van der Waals surface area contributed by atoms with E-state index < -0.39 is 6.04 Å². The van der Waals surface area contributed by atoms with Crippen LogP contribution in [0.25, 0.3) is 10.9 Å². The Morgan fingerprint density at radius 1 is 1.29 bits per heavy atom. The summed E-state index contributed by atoms with van der Waals surface area (Å²) in [7, 11) is 0. The molecule has 28 heavy (non-hydrogen) atoms. The lowest BCUT2D eigenvalue weighted by molar-refractivity contribution is -0.135. The average molecular weight is 398 g/mol. The van der Waals surface area contributed by atoms with Crippen molar-refractivity contribution < 1.29 is 9.90 Å². The molecule has 1 amide bonds. The Balaban J connectivity index is 1.88. The van der Waals surface area contributed by atoms with E-state index in [1.807, 2.05) is 43.0 Å². The first-order valence-electron chi connectivity index (χ1n) is 9.52. The van der Waals surface area contributed by atoms with E-state index in [0.29, 0.717) is 11.6 Å². The molecule has 3 aromatic rings. The predicted molar refractivity (Wildman–Crippen MR) is 111 cm³/mol. The topological polar surface area (TPSA) is 82.4 Å². The first-order chi connectivity index (χ1) is 13.4. The zero-order valence-corrected chi connectivity index (χ0v) is 16.7. The SMILES string of the molecule is CC(C)[C@@H](N)C(=O)N1CCc2c([nH]c3ccc(Cl)cc23)C1c1cccc(O)c1. The van der Waals surface area contributed by atoms with Crippen LogP contribution in [0.5, 0.6) is 5.75 Å². The monoisotopic (exact) mass is 397 g/mol. The van der Waals surface area contributed by atoms with Crippen molar-refractivity contribution in [1.82, 2.24) is 9.88 Å². The first-order valence-corrected chi connectivity index (χ1v) is 9.89. The Hall–Kier alpha value is -2.50. The lowest BCUT2D eigenvalue weighted by Crippen LogP contribution is -2.50. The van der Waals surface area contributed by atoms with Crippen molar-refractivity contribution in [2.75, 3.05) is 6.54 Å². The van der Waals surface area contributed by atoms with Crippen molar-refractivity contribution in [3.05, 3.63) is 64.3 Å². The zero-order valence-electron chi connectivity index (χ0n) is 15.9. The number of halogens is 1. The molecule has 6 heteroatoms. The lowest BCUT2D eigenvalue weighted by Gasteiger charge is -2.38. The number of aromatic hydroxyl groups is 1. The zero-order chi connectivity index (χ0) is 20.0. The fourth-order valence-electron chi connectivity index (χ4n) is 4.02. The number of hydrogen-bond donors (Lipinski definition) is 3. The number of rotatable bonds is 3. The van der Waals surface area contributed by atoms with Gasteiger partial charge >= 0.3 is 0 Å². The number of nitrogens with zero attached hydrogens (tertiary/aromatic N) is 1. The van der Waals surface area contributed by atoms with E-state index in [1.54, 1.807) is 18.2 Å². The molecule has 2 aromatic carbocycles. The van der Waals surface area contributed by atoms with E-state index in [1.165, 1.54) is 0 Å². The van der Waals surface area contributed by atoms with Gasteiger partial charge in [-0.2, -0.15) is 0 Å². The minimum atomic E-state index is -0.569. The number of benzene rings is 2. The average Bonchev–Trinajstić information content (AvgIpc) is 3.03. The van der Waals surface area contributed by atoms with Crippen LogP contribution in [0.1, 0.15) is 36.7 Å². The number of nitrogens with two attached hydrogens (primary N) is 1. The van der Waals surface area contributed by atoms with Gasteiger partial charge in [0.1, 0.15) is 5.75 Å². The summed E-state index contributed by atoms with van der Waals surface area (Å²) in [5.74, 6) is 0.135. The fourth-order valence-corrected chi connectivity index (χ4v) is 4.19. The van der Waals surface area contributed by atoms with Gasteiger partial charge in [-0.3, -0.25) is 4.79 Å². The summed E-state index contributed by atoms with van der Waals surface area (Å²) in [6, 6.07) is 11.9. The highest BCUT2D eigenvalue weighted by atomic mass is 35.5. The summed E-state index contributed by atoms with van der Waals surface area (Å²) in [5, 5.41) is 11.8. The summed E-state index contributed by atoms with van der Waals surface area (Å²) in [4.78, 5) is 18.5. The molecule has 0 radical (unpaired) electrons. The van der Waals surface area contributed by atoms with Crippen LogP contribution in [0.2, 0.25) is 5.02 Å². The summed E-state index contributed by atoms with van der Waals surface area (Å²) in [6.07, 6.45) is 0.724. The van der Waals surface area contributed by atoms with Crippen LogP contribution in [0.3, 0.4) is 0 Å². The molecule has 5 nitrogen and oxygen atoms in total. The van der Waals surface area contributed by atoms with Crippen molar-refractivity contribution in [1.29, 1.82) is 0 Å². The molecular weight excluding hydrogens is 374 g/mol. The van der Waals surface area contributed by atoms with Gasteiger partial charge in [-0.25, -0.2) is 0 Å². The Kier molecular flexibility index (Phi) is 4.81. The Morgan fingerprint density at radius 2 is 2.07 bits per heavy atom. The van der Waals surface area contributed by atoms with Gasteiger partial charge in [0, 0.05) is 28.2 Å². The van der Waals surface area contributed by atoms with Gasteiger partial charge in [0.05, 0.1) is 12.1 Å². The summed E-state index contributed by atoms with van der Waals surface area (Å²) < 4.78 is 0. The molecule has 146 valence electrons. The van der Waals surface area contributed by atoms with Gasteiger partial charge in [-0.05, 0) is 53.8 Å². The second kappa shape index (κ2) is 7.15. The maximum atomic E-state index is 13.2. The van der Waals surface area contributed by atoms with Gasteiger partial charge in [0.25, 0.3) is 0 Å². The van der Waals surface area contributed by atoms with E-state index in [2.05, 4.69) is 4.98 Å². The number of fused-ring (bicyclic) bond motifs is 3. The molecule has 0 aliphatic carbocycles. The number of amides is 1. The molecule has 2 atom stereocenters. The Bertz CT molecular complexity index is 1040. The molecule has 2 heterocycles. The number of carbonyl (C=O) groups excluding carboxylic acids is 1. The highest BCUT2D eigenvalue weighted by Crippen LogP contribution is 2.40. The molecule has 1 unspecified atom stereocenters. The number of nitrogens with one attached hydrogen (secondary N) is 1. The third-order valence-electron chi connectivity index (χ3n) is 5.56. The predicted octanol–water partition coefficient (Wildman–Crippen LogP) is 3.98. The van der Waals surface area contributed by atoms with Crippen molar-refractivity contribution in [2.45, 2.75) is 32.4 Å². The van der Waals surface area contributed by atoms with E-state index in [4.69, 9.17) is 17.3 Å². The van der Waals surface area contributed by atoms with E-state index in [0.717, 1.165) is 34.1 Å². The summed E-state index contributed by atoms with van der Waals surface area (Å²) in [6.45, 7) is 4.46. The van der Waals surface area contributed by atoms with Crippen molar-refractivity contribution >= 4 is 28.4 Å². The molecule has 1 aliphatic heterocycles. The Morgan fingerprint density at radius 3 is 2.79 bits per heavy atom. The van der Waals surface area contributed by atoms with Crippen LogP contribution in [-0.2, 0) is 11.2 Å². The molecule has 4 rings (SSSR count). The van der Waals surface area contributed by atoms with Crippen LogP contribution >= 0.6 is 11.6 Å². The molecule has 1 aliphatic rings. The highest BCUT2D eigenvalue weighted by Gasteiger charge is 2.37. The number of phenolic OH excluding ortho intramolecular Hbond substituents is 1. The highest BCUT2D eigenvalue weighted by molar-refractivity contribution is 6.31. The fraction of sp³-hybridized carbons (Fsp3) is 0.318. The second-order valence-corrected chi connectivity index (χ2v) is 8.19.